The van der Waals surface area contributed by atoms with Crippen molar-refractivity contribution in [1.29, 1.82) is 0 Å². The number of hydrogen-bond acceptors (Lipinski definition) is 1. The summed E-state index contributed by atoms with van der Waals surface area (Å²) in [5, 5.41) is 11.0. The smallest absolute Gasteiger partial charge is 0.0523 e. The molecule has 98 valence electrons. The number of fused-ring (bicyclic) bond motifs is 1. The summed E-state index contributed by atoms with van der Waals surface area (Å²) in [7, 11) is 2.13. The number of hydrogen-bond donors (Lipinski definition) is 1. The molecule has 0 aliphatic carbocycles. The van der Waals surface area contributed by atoms with E-state index in [1.807, 2.05) is 0 Å². The highest BCUT2D eigenvalue weighted by Gasteiger charge is 2.27. The fraction of sp³-hybridized carbons (Fsp3) is 0.500. The van der Waals surface area contributed by atoms with Gasteiger partial charge in [0.05, 0.1) is 6.61 Å². The molecular weight excluding hydrogens is 222 g/mol. The van der Waals surface area contributed by atoms with Crippen molar-refractivity contribution in [3.8, 4) is 0 Å². The minimum Gasteiger partial charge on any atom is -0.395 e. The van der Waals surface area contributed by atoms with E-state index in [9.17, 15) is 5.11 Å². The summed E-state index contributed by atoms with van der Waals surface area (Å²) in [6.07, 6.45) is 2.18. The monoisotopic (exact) mass is 245 g/mol. The minimum absolute atomic E-state index is 0.178. The van der Waals surface area contributed by atoms with Crippen LogP contribution in [0, 0.1) is 0 Å². The molecule has 0 fully saturated rings. The number of benzene rings is 1. The molecule has 0 saturated carbocycles. The molecule has 0 bridgehead atoms. The van der Waals surface area contributed by atoms with E-state index in [-0.39, 0.29) is 12.0 Å². The number of rotatable bonds is 4. The van der Waals surface area contributed by atoms with Crippen LogP contribution in [0.25, 0.3) is 10.9 Å². The average Bonchev–Trinajstić information content (AvgIpc) is 2.65. The lowest BCUT2D eigenvalue weighted by molar-refractivity contribution is 0.218. The number of aryl methyl sites for hydroxylation is 1. The molecule has 2 heteroatoms. The summed E-state index contributed by atoms with van der Waals surface area (Å²) in [6.45, 7) is 6.62. The zero-order valence-corrected chi connectivity index (χ0v) is 11.8. The van der Waals surface area contributed by atoms with Crippen molar-refractivity contribution in [3.63, 3.8) is 0 Å². The van der Waals surface area contributed by atoms with Gasteiger partial charge in [-0.2, -0.15) is 0 Å². The molecule has 1 aromatic carbocycles. The van der Waals surface area contributed by atoms with Gasteiger partial charge in [0.2, 0.25) is 0 Å². The van der Waals surface area contributed by atoms with Gasteiger partial charge in [0.1, 0.15) is 0 Å². The molecule has 2 nitrogen and oxygen atoms in total. The van der Waals surface area contributed by atoms with E-state index >= 15 is 0 Å². The van der Waals surface area contributed by atoms with Gasteiger partial charge in [-0.15, -0.1) is 0 Å². The van der Waals surface area contributed by atoms with Gasteiger partial charge in [0.25, 0.3) is 0 Å². The molecule has 1 aromatic heterocycles. The predicted molar refractivity (Wildman–Crippen MR) is 77.0 cm³/mol. The first-order valence-electron chi connectivity index (χ1n) is 6.70. The Labute approximate surface area is 109 Å². The molecule has 2 rings (SSSR count). The zero-order chi connectivity index (χ0) is 13.3. The first kappa shape index (κ1) is 13.2. The Bertz CT molecular complexity index is 551. The molecule has 0 aliphatic heterocycles. The first-order chi connectivity index (χ1) is 8.53. The van der Waals surface area contributed by atoms with E-state index in [1.54, 1.807) is 0 Å². The Balaban J connectivity index is 2.79. The summed E-state index contributed by atoms with van der Waals surface area (Å²) in [5.74, 6) is 0. The van der Waals surface area contributed by atoms with Gasteiger partial charge in [-0.3, -0.25) is 0 Å². The number of aliphatic hydroxyl groups is 1. The summed E-state index contributed by atoms with van der Waals surface area (Å²) < 4.78 is 2.28. The molecule has 0 aliphatic rings. The van der Waals surface area contributed by atoms with Crippen LogP contribution < -0.4 is 0 Å². The molecule has 2 aromatic rings. The third kappa shape index (κ3) is 1.95. The molecule has 18 heavy (non-hydrogen) atoms. The highest BCUT2D eigenvalue weighted by Crippen LogP contribution is 2.35. The van der Waals surface area contributed by atoms with Crippen molar-refractivity contribution in [3.05, 3.63) is 35.5 Å². The largest absolute Gasteiger partial charge is 0.395 e. The molecular formula is C16H23NO. The minimum atomic E-state index is -0.189. The average molecular weight is 245 g/mol. The lowest BCUT2D eigenvalue weighted by Gasteiger charge is -2.24. The van der Waals surface area contributed by atoms with Crippen molar-refractivity contribution < 1.29 is 5.11 Å². The Hall–Kier alpha value is -1.28. The van der Waals surface area contributed by atoms with Gasteiger partial charge in [-0.25, -0.2) is 0 Å². The molecule has 0 saturated heterocycles. The summed E-state index contributed by atoms with van der Waals surface area (Å²) in [6, 6.07) is 8.48. The van der Waals surface area contributed by atoms with Crippen molar-refractivity contribution in [1.82, 2.24) is 4.57 Å². The van der Waals surface area contributed by atoms with Crippen LogP contribution in [-0.4, -0.2) is 16.3 Å². The molecule has 0 radical (unpaired) electrons. The van der Waals surface area contributed by atoms with Crippen LogP contribution in [0.4, 0.5) is 0 Å². The maximum Gasteiger partial charge on any atom is 0.0523 e. The summed E-state index contributed by atoms with van der Waals surface area (Å²) in [4.78, 5) is 0. The zero-order valence-electron chi connectivity index (χ0n) is 11.8. The number of aliphatic hydroxyl groups excluding tert-OH is 1. The fourth-order valence-electron chi connectivity index (χ4n) is 2.81. The maximum absolute atomic E-state index is 9.70. The normalized spacial score (nSPS) is 12.3. The molecule has 0 spiro atoms. The second-order valence-corrected chi connectivity index (χ2v) is 5.69. The van der Waals surface area contributed by atoms with Crippen LogP contribution in [0.2, 0.25) is 0 Å². The lowest BCUT2D eigenvalue weighted by Crippen LogP contribution is -2.23. The topological polar surface area (TPSA) is 25.2 Å². The second kappa shape index (κ2) is 4.77. The second-order valence-electron chi connectivity index (χ2n) is 5.69. The van der Waals surface area contributed by atoms with Gasteiger partial charge in [-0.05, 0) is 18.1 Å². The van der Waals surface area contributed by atoms with Gasteiger partial charge < -0.3 is 9.67 Å². The van der Waals surface area contributed by atoms with Crippen molar-refractivity contribution >= 4 is 10.9 Å². The van der Waals surface area contributed by atoms with Crippen LogP contribution in [0.1, 0.15) is 38.4 Å². The van der Waals surface area contributed by atoms with E-state index in [0.29, 0.717) is 0 Å². The Morgan fingerprint density at radius 3 is 2.50 bits per heavy atom. The molecule has 1 heterocycles. The molecule has 0 atom stereocenters. The maximum atomic E-state index is 9.70. The van der Waals surface area contributed by atoms with Gasteiger partial charge in [0.15, 0.2) is 0 Å². The Morgan fingerprint density at radius 1 is 1.22 bits per heavy atom. The predicted octanol–water partition coefficient (Wildman–Crippen LogP) is 3.40. The van der Waals surface area contributed by atoms with Crippen molar-refractivity contribution in [2.45, 2.75) is 39.0 Å². The van der Waals surface area contributed by atoms with Crippen LogP contribution in [0.5, 0.6) is 0 Å². The molecule has 0 amide bonds. The van der Waals surface area contributed by atoms with E-state index in [2.05, 4.69) is 56.7 Å². The highest BCUT2D eigenvalue weighted by atomic mass is 16.3. The fourth-order valence-corrected chi connectivity index (χ4v) is 2.81. The van der Waals surface area contributed by atoms with Crippen LogP contribution in [0.15, 0.2) is 24.3 Å². The van der Waals surface area contributed by atoms with Crippen molar-refractivity contribution in [2.24, 2.45) is 7.05 Å². The SMILES string of the molecule is CCCc1c(C(C)(C)CO)c2ccccc2n1C. The number of para-hydroxylation sites is 1. The number of aromatic nitrogens is 1. The van der Waals surface area contributed by atoms with Gasteiger partial charge >= 0.3 is 0 Å². The first-order valence-corrected chi connectivity index (χ1v) is 6.70. The Kier molecular flexibility index (Phi) is 3.49. The van der Waals surface area contributed by atoms with E-state index in [4.69, 9.17) is 0 Å². The van der Waals surface area contributed by atoms with E-state index < -0.39 is 0 Å². The standard InChI is InChI=1S/C16H23NO/c1-5-8-14-15(16(2,3)11-18)12-9-6-7-10-13(12)17(14)4/h6-7,9-10,18H,5,8,11H2,1-4H3. The summed E-state index contributed by atoms with van der Waals surface area (Å²) >= 11 is 0. The van der Waals surface area contributed by atoms with E-state index in [0.717, 1.165) is 12.8 Å². The van der Waals surface area contributed by atoms with Crippen LogP contribution in [0.3, 0.4) is 0 Å². The third-order valence-corrected chi connectivity index (χ3v) is 3.79. The van der Waals surface area contributed by atoms with Gasteiger partial charge in [-0.1, -0.05) is 45.4 Å². The highest BCUT2D eigenvalue weighted by molar-refractivity contribution is 5.86. The summed E-state index contributed by atoms with van der Waals surface area (Å²) in [5.41, 5.74) is 3.74. The lowest BCUT2D eigenvalue weighted by atomic mass is 9.82. The molecule has 0 unspecified atom stereocenters. The number of nitrogens with zero attached hydrogens (tertiary/aromatic N) is 1. The molecule has 1 N–H and O–H groups in total. The quantitative estimate of drug-likeness (QED) is 0.877. The third-order valence-electron chi connectivity index (χ3n) is 3.79. The Morgan fingerprint density at radius 2 is 1.89 bits per heavy atom. The van der Waals surface area contributed by atoms with Gasteiger partial charge in [0, 0.05) is 29.1 Å². The van der Waals surface area contributed by atoms with Crippen LogP contribution in [-0.2, 0) is 18.9 Å². The van der Waals surface area contributed by atoms with E-state index in [1.165, 1.54) is 22.2 Å². The van der Waals surface area contributed by atoms with Crippen LogP contribution >= 0.6 is 0 Å². The van der Waals surface area contributed by atoms with Crippen molar-refractivity contribution in [2.75, 3.05) is 6.61 Å².